The molecule has 0 heterocycles. The summed E-state index contributed by atoms with van der Waals surface area (Å²) in [6.07, 6.45) is 0.452. The molecule has 27 heavy (non-hydrogen) atoms. The van der Waals surface area contributed by atoms with Gasteiger partial charge < -0.3 is 10.8 Å². The maximum atomic E-state index is 11.3. The van der Waals surface area contributed by atoms with Crippen LogP contribution in [0.2, 0.25) is 10.0 Å². The third kappa shape index (κ3) is 5.07. The number of rotatable bonds is 7. The first-order valence-electron chi connectivity index (χ1n) is 8.68. The van der Waals surface area contributed by atoms with Crippen LogP contribution in [0.15, 0.2) is 72.8 Å². The van der Waals surface area contributed by atoms with Crippen molar-refractivity contribution in [3.63, 3.8) is 0 Å². The van der Waals surface area contributed by atoms with Crippen molar-refractivity contribution in [2.24, 2.45) is 5.73 Å². The summed E-state index contributed by atoms with van der Waals surface area (Å²) in [7, 11) is 0. The van der Waals surface area contributed by atoms with Crippen LogP contribution in [0.4, 0.5) is 0 Å². The van der Waals surface area contributed by atoms with Crippen LogP contribution in [0.3, 0.4) is 0 Å². The Hall–Kier alpha value is -1.49. The van der Waals surface area contributed by atoms with Gasteiger partial charge in [0.1, 0.15) is 4.93 Å². The molecule has 3 N–H and O–H groups in total. The number of hydrogen-bond acceptors (Lipinski definition) is 3. The van der Waals surface area contributed by atoms with Crippen molar-refractivity contribution < 1.29 is 5.11 Å². The Morgan fingerprint density at radius 2 is 1.56 bits per heavy atom. The molecule has 3 aromatic rings. The minimum absolute atomic E-state index is 0.387. The molecule has 3 rings (SSSR count). The van der Waals surface area contributed by atoms with E-state index in [4.69, 9.17) is 28.9 Å². The second-order valence-electron chi connectivity index (χ2n) is 6.29. The lowest BCUT2D eigenvalue weighted by molar-refractivity contribution is 0.130. The van der Waals surface area contributed by atoms with E-state index in [-0.39, 0.29) is 0 Å². The Morgan fingerprint density at radius 3 is 2.19 bits per heavy atom. The van der Waals surface area contributed by atoms with Gasteiger partial charge in [0.15, 0.2) is 0 Å². The molecule has 0 bridgehead atoms. The molecule has 0 radical (unpaired) electrons. The largest absolute Gasteiger partial charge is 0.375 e. The highest BCUT2D eigenvalue weighted by atomic mass is 35.5. The van der Waals surface area contributed by atoms with Crippen LogP contribution in [-0.2, 0) is 10.7 Å². The minimum Gasteiger partial charge on any atom is -0.375 e. The van der Waals surface area contributed by atoms with Crippen molar-refractivity contribution in [1.82, 2.24) is 0 Å². The lowest BCUT2D eigenvalue weighted by Crippen LogP contribution is -2.25. The lowest BCUT2D eigenvalue weighted by atomic mass is 10.0. The van der Waals surface area contributed by atoms with Crippen molar-refractivity contribution in [2.75, 3.05) is 6.54 Å². The van der Waals surface area contributed by atoms with Crippen molar-refractivity contribution in [2.45, 2.75) is 17.1 Å². The molecule has 3 aromatic carbocycles. The predicted molar refractivity (Wildman–Crippen MR) is 117 cm³/mol. The SMILES string of the molecule is NCCC(O)(SCc1ccc(Cl)cc1Cl)c1ccc(-c2ccccc2)cc1. The van der Waals surface area contributed by atoms with Crippen molar-refractivity contribution >= 4 is 35.0 Å². The van der Waals surface area contributed by atoms with Crippen molar-refractivity contribution in [1.29, 1.82) is 0 Å². The molecule has 0 aliphatic rings. The molecule has 0 amide bonds. The van der Waals surface area contributed by atoms with E-state index >= 15 is 0 Å². The first-order chi connectivity index (χ1) is 13.0. The third-order valence-electron chi connectivity index (χ3n) is 4.41. The molecule has 0 spiro atoms. The summed E-state index contributed by atoms with van der Waals surface area (Å²) in [6.45, 7) is 0.387. The fourth-order valence-electron chi connectivity index (χ4n) is 2.89. The highest BCUT2D eigenvalue weighted by Gasteiger charge is 2.29. The first-order valence-corrected chi connectivity index (χ1v) is 10.4. The summed E-state index contributed by atoms with van der Waals surface area (Å²) >= 11 is 13.7. The summed E-state index contributed by atoms with van der Waals surface area (Å²) in [5.41, 5.74) is 9.80. The van der Waals surface area contributed by atoms with Gasteiger partial charge in [0, 0.05) is 22.2 Å². The molecule has 0 saturated carbocycles. The van der Waals surface area contributed by atoms with Gasteiger partial charge in [-0.3, -0.25) is 0 Å². The predicted octanol–water partition coefficient (Wildman–Crippen LogP) is 6.09. The van der Waals surface area contributed by atoms with E-state index < -0.39 is 4.93 Å². The molecule has 0 aliphatic carbocycles. The van der Waals surface area contributed by atoms with Gasteiger partial charge in [-0.15, -0.1) is 11.8 Å². The molecule has 140 valence electrons. The second kappa shape index (κ2) is 9.13. The Bertz CT molecular complexity index is 887. The summed E-state index contributed by atoms with van der Waals surface area (Å²) in [6, 6.07) is 23.6. The van der Waals surface area contributed by atoms with Gasteiger partial charge >= 0.3 is 0 Å². The van der Waals surface area contributed by atoms with Gasteiger partial charge in [-0.25, -0.2) is 0 Å². The van der Waals surface area contributed by atoms with E-state index in [1.807, 2.05) is 48.5 Å². The van der Waals surface area contributed by atoms with Gasteiger partial charge in [0.2, 0.25) is 0 Å². The monoisotopic (exact) mass is 417 g/mol. The number of benzene rings is 3. The normalized spacial score (nSPS) is 13.3. The van der Waals surface area contributed by atoms with E-state index in [2.05, 4.69) is 12.1 Å². The number of thioether (sulfide) groups is 1. The van der Waals surface area contributed by atoms with E-state index in [1.54, 1.807) is 12.1 Å². The lowest BCUT2D eigenvalue weighted by Gasteiger charge is -2.28. The molecule has 0 aliphatic heterocycles. The topological polar surface area (TPSA) is 46.2 Å². The van der Waals surface area contributed by atoms with Crippen LogP contribution < -0.4 is 5.73 Å². The Labute approximate surface area is 174 Å². The maximum absolute atomic E-state index is 11.3. The van der Waals surface area contributed by atoms with E-state index in [1.165, 1.54) is 11.8 Å². The zero-order chi connectivity index (χ0) is 19.3. The zero-order valence-corrected chi connectivity index (χ0v) is 17.1. The first kappa shape index (κ1) is 20.2. The highest BCUT2D eigenvalue weighted by molar-refractivity contribution is 7.99. The standard InChI is InChI=1S/C22H21Cl2NOS/c23-20-11-8-18(21(24)14-20)15-27-22(26,12-13-25)19-9-6-17(7-10-19)16-4-2-1-3-5-16/h1-11,14,26H,12-13,15,25H2. The minimum atomic E-state index is -1.08. The molecular formula is C22H21Cl2NOS. The van der Waals surface area contributed by atoms with Crippen LogP contribution in [-0.4, -0.2) is 11.7 Å². The molecule has 1 unspecified atom stereocenters. The molecule has 2 nitrogen and oxygen atoms in total. The van der Waals surface area contributed by atoms with Gasteiger partial charge in [0.05, 0.1) is 0 Å². The molecule has 0 aromatic heterocycles. The summed E-state index contributed by atoms with van der Waals surface area (Å²) in [4.78, 5) is -1.08. The number of nitrogens with two attached hydrogens (primary N) is 1. The fourth-order valence-corrected chi connectivity index (χ4v) is 4.65. The Morgan fingerprint density at radius 1 is 0.889 bits per heavy atom. The van der Waals surface area contributed by atoms with Gasteiger partial charge in [-0.05, 0) is 40.9 Å². The molecule has 1 atom stereocenters. The average molecular weight is 418 g/mol. The Balaban J connectivity index is 1.80. The maximum Gasteiger partial charge on any atom is 0.137 e. The number of aliphatic hydroxyl groups is 1. The van der Waals surface area contributed by atoms with E-state index in [0.717, 1.165) is 22.3 Å². The van der Waals surface area contributed by atoms with Crippen LogP contribution >= 0.6 is 35.0 Å². The zero-order valence-electron chi connectivity index (χ0n) is 14.7. The second-order valence-corrected chi connectivity index (χ2v) is 8.39. The van der Waals surface area contributed by atoms with Crippen LogP contribution in [0.5, 0.6) is 0 Å². The smallest absolute Gasteiger partial charge is 0.137 e. The molecule has 0 saturated heterocycles. The highest BCUT2D eigenvalue weighted by Crippen LogP contribution is 2.40. The van der Waals surface area contributed by atoms with Crippen molar-refractivity contribution in [3.8, 4) is 11.1 Å². The van der Waals surface area contributed by atoms with Crippen LogP contribution in [0.1, 0.15) is 17.5 Å². The van der Waals surface area contributed by atoms with Gasteiger partial charge in [-0.1, -0.05) is 83.9 Å². The number of hydrogen-bond donors (Lipinski definition) is 2. The van der Waals surface area contributed by atoms with Crippen LogP contribution in [0.25, 0.3) is 11.1 Å². The van der Waals surface area contributed by atoms with Crippen LogP contribution in [0, 0.1) is 0 Å². The summed E-state index contributed by atoms with van der Waals surface area (Å²) in [5, 5.41) is 12.5. The number of halogens is 2. The van der Waals surface area contributed by atoms with Gasteiger partial charge in [-0.2, -0.15) is 0 Å². The van der Waals surface area contributed by atoms with E-state index in [0.29, 0.717) is 28.8 Å². The summed E-state index contributed by atoms with van der Waals surface area (Å²) in [5.74, 6) is 0.562. The summed E-state index contributed by atoms with van der Waals surface area (Å²) < 4.78 is 0. The fraction of sp³-hybridized carbons (Fsp3) is 0.182. The van der Waals surface area contributed by atoms with E-state index in [9.17, 15) is 5.11 Å². The Kier molecular flexibility index (Phi) is 6.85. The molecule has 5 heteroatoms. The quantitative estimate of drug-likeness (QED) is 0.457. The van der Waals surface area contributed by atoms with Gasteiger partial charge in [0.25, 0.3) is 0 Å². The molecule has 0 fully saturated rings. The molecular weight excluding hydrogens is 397 g/mol. The third-order valence-corrected chi connectivity index (χ3v) is 6.37. The average Bonchev–Trinajstić information content (AvgIpc) is 2.68. The van der Waals surface area contributed by atoms with Crippen molar-refractivity contribution in [3.05, 3.63) is 94.0 Å².